The zero-order chi connectivity index (χ0) is 14.8. The van der Waals surface area contributed by atoms with Gasteiger partial charge in [0, 0.05) is 19.0 Å². The molecule has 1 saturated heterocycles. The summed E-state index contributed by atoms with van der Waals surface area (Å²) in [5.41, 5.74) is 4.42. The predicted molar refractivity (Wildman–Crippen MR) is 87.3 cm³/mol. The smallest absolute Gasteiger partial charge is 0.0959 e. The number of hydrogen-bond donors (Lipinski definition) is 0. The van der Waals surface area contributed by atoms with Crippen LogP contribution in [0.3, 0.4) is 0 Å². The van der Waals surface area contributed by atoms with Gasteiger partial charge >= 0.3 is 0 Å². The molecular weight excluding hydrogens is 274 g/mol. The summed E-state index contributed by atoms with van der Waals surface area (Å²) in [6.07, 6.45) is 11.2. The van der Waals surface area contributed by atoms with Gasteiger partial charge < -0.3 is 9.30 Å². The monoisotopic (exact) mass is 291 g/mol. The summed E-state index contributed by atoms with van der Waals surface area (Å²) in [7, 11) is 0. The lowest BCUT2D eigenvalue weighted by Crippen LogP contribution is -2.30. The van der Waals surface area contributed by atoms with Gasteiger partial charge in [0.25, 0.3) is 0 Å². The van der Waals surface area contributed by atoms with E-state index >= 15 is 0 Å². The molecule has 2 aromatic heterocycles. The first-order valence-corrected chi connectivity index (χ1v) is 7.53. The fourth-order valence-corrected chi connectivity index (χ4v) is 2.64. The van der Waals surface area contributed by atoms with Crippen molar-refractivity contribution in [3.05, 3.63) is 60.2 Å². The Kier molecular flexibility index (Phi) is 3.45. The number of hydrogen-bond acceptors (Lipinski definition) is 3. The summed E-state index contributed by atoms with van der Waals surface area (Å²) >= 11 is 0. The van der Waals surface area contributed by atoms with Crippen LogP contribution in [-0.4, -0.2) is 27.2 Å². The Labute approximate surface area is 129 Å². The molecule has 0 unspecified atom stereocenters. The highest BCUT2D eigenvalue weighted by molar-refractivity contribution is 5.80. The van der Waals surface area contributed by atoms with Gasteiger partial charge in [0.15, 0.2) is 0 Å². The van der Waals surface area contributed by atoms with Gasteiger partial charge in [-0.15, -0.1) is 0 Å². The Morgan fingerprint density at radius 2 is 2.14 bits per heavy atom. The molecule has 4 rings (SSSR count). The van der Waals surface area contributed by atoms with Gasteiger partial charge in [0.2, 0.25) is 0 Å². The Balaban J connectivity index is 1.57. The Bertz CT molecular complexity index is 804. The normalized spacial score (nSPS) is 17.9. The van der Waals surface area contributed by atoms with Crippen LogP contribution < -0.4 is 0 Å². The second kappa shape index (κ2) is 5.73. The quantitative estimate of drug-likeness (QED) is 0.739. The van der Waals surface area contributed by atoms with Gasteiger partial charge in [0.1, 0.15) is 0 Å². The number of aromatic nitrogens is 3. The standard InChI is InChI=1S/C18H17N3O/c1-2-15(11-19-8-1)4-3-14-5-6-18-17(10-14)20-13-21(18)12-16-7-9-22-16/h1-6,8,10-11,13,16H,7,9,12H2/b4-3+/t16-/m0/s1. The van der Waals surface area contributed by atoms with Crippen LogP contribution in [-0.2, 0) is 11.3 Å². The van der Waals surface area contributed by atoms with Crippen molar-refractivity contribution < 1.29 is 4.74 Å². The average molecular weight is 291 g/mol. The number of pyridine rings is 1. The summed E-state index contributed by atoms with van der Waals surface area (Å²) < 4.78 is 7.67. The molecule has 0 N–H and O–H groups in total. The highest BCUT2D eigenvalue weighted by Crippen LogP contribution is 2.20. The van der Waals surface area contributed by atoms with E-state index in [-0.39, 0.29) is 0 Å². The fraction of sp³-hybridized carbons (Fsp3) is 0.222. The van der Waals surface area contributed by atoms with Gasteiger partial charge in [-0.05, 0) is 35.7 Å². The van der Waals surface area contributed by atoms with Gasteiger partial charge in [-0.2, -0.15) is 0 Å². The second-order valence-electron chi connectivity index (χ2n) is 5.55. The maximum Gasteiger partial charge on any atom is 0.0959 e. The number of rotatable bonds is 4. The van der Waals surface area contributed by atoms with E-state index in [1.807, 2.05) is 24.7 Å². The molecule has 0 aliphatic carbocycles. The van der Waals surface area contributed by atoms with Crippen LogP contribution in [0.15, 0.2) is 49.1 Å². The summed E-state index contributed by atoms with van der Waals surface area (Å²) in [5.74, 6) is 0. The number of ether oxygens (including phenoxy) is 1. The number of imidazole rings is 1. The first-order valence-electron chi connectivity index (χ1n) is 7.53. The molecule has 0 radical (unpaired) electrons. The van der Waals surface area contributed by atoms with Crippen LogP contribution in [0.25, 0.3) is 23.2 Å². The SMILES string of the molecule is C(=C\c1ccc2c(c1)ncn2C[C@@H]1CCO1)/c1cccnc1. The minimum atomic E-state index is 0.350. The molecule has 1 aliphatic heterocycles. The van der Waals surface area contributed by atoms with Crippen LogP contribution in [0.2, 0.25) is 0 Å². The molecule has 1 fully saturated rings. The first kappa shape index (κ1) is 13.2. The third kappa shape index (κ3) is 2.65. The van der Waals surface area contributed by atoms with E-state index in [2.05, 4.69) is 44.9 Å². The number of benzene rings is 1. The maximum absolute atomic E-state index is 5.50. The molecule has 0 spiro atoms. The maximum atomic E-state index is 5.50. The molecule has 0 saturated carbocycles. The number of nitrogens with zero attached hydrogens (tertiary/aromatic N) is 3. The van der Waals surface area contributed by atoms with E-state index in [0.29, 0.717) is 6.10 Å². The van der Waals surface area contributed by atoms with E-state index in [4.69, 9.17) is 4.74 Å². The van der Waals surface area contributed by atoms with Crippen molar-refractivity contribution in [2.75, 3.05) is 6.61 Å². The molecule has 4 nitrogen and oxygen atoms in total. The topological polar surface area (TPSA) is 39.9 Å². The Hall–Kier alpha value is -2.46. The lowest BCUT2D eigenvalue weighted by molar-refractivity contribution is -0.0586. The molecule has 0 bridgehead atoms. The highest BCUT2D eigenvalue weighted by atomic mass is 16.5. The van der Waals surface area contributed by atoms with E-state index < -0.39 is 0 Å². The summed E-state index contributed by atoms with van der Waals surface area (Å²) in [5, 5.41) is 0. The van der Waals surface area contributed by atoms with E-state index in [1.54, 1.807) is 6.20 Å². The van der Waals surface area contributed by atoms with Crippen molar-refractivity contribution in [3.8, 4) is 0 Å². The zero-order valence-electron chi connectivity index (χ0n) is 12.2. The Morgan fingerprint density at radius 3 is 2.91 bits per heavy atom. The van der Waals surface area contributed by atoms with E-state index in [1.165, 1.54) is 0 Å². The van der Waals surface area contributed by atoms with Crippen molar-refractivity contribution in [2.45, 2.75) is 19.1 Å². The van der Waals surface area contributed by atoms with Crippen molar-refractivity contribution in [1.82, 2.24) is 14.5 Å². The van der Waals surface area contributed by atoms with Crippen LogP contribution in [0, 0.1) is 0 Å². The molecule has 3 aromatic rings. The van der Waals surface area contributed by atoms with Crippen molar-refractivity contribution >= 4 is 23.2 Å². The summed E-state index contributed by atoms with van der Waals surface area (Å²) in [4.78, 5) is 8.62. The molecule has 3 heterocycles. The molecule has 1 atom stereocenters. The summed E-state index contributed by atoms with van der Waals surface area (Å²) in [6.45, 7) is 1.78. The highest BCUT2D eigenvalue weighted by Gasteiger charge is 2.19. The molecule has 1 aromatic carbocycles. The minimum absolute atomic E-state index is 0.350. The molecule has 4 heteroatoms. The van der Waals surface area contributed by atoms with Gasteiger partial charge in [0.05, 0.1) is 30.0 Å². The van der Waals surface area contributed by atoms with Crippen molar-refractivity contribution in [3.63, 3.8) is 0 Å². The lowest BCUT2D eigenvalue weighted by atomic mass is 10.1. The van der Waals surface area contributed by atoms with Crippen molar-refractivity contribution in [1.29, 1.82) is 0 Å². The van der Waals surface area contributed by atoms with E-state index in [9.17, 15) is 0 Å². The third-order valence-electron chi connectivity index (χ3n) is 3.99. The average Bonchev–Trinajstić information content (AvgIpc) is 2.92. The Morgan fingerprint density at radius 1 is 1.23 bits per heavy atom. The predicted octanol–water partition coefficient (Wildman–Crippen LogP) is 3.39. The molecule has 22 heavy (non-hydrogen) atoms. The minimum Gasteiger partial charge on any atom is -0.376 e. The van der Waals surface area contributed by atoms with Crippen LogP contribution in [0.4, 0.5) is 0 Å². The first-order chi connectivity index (χ1) is 10.9. The largest absolute Gasteiger partial charge is 0.376 e. The lowest BCUT2D eigenvalue weighted by Gasteiger charge is -2.26. The zero-order valence-corrected chi connectivity index (χ0v) is 12.2. The number of fused-ring (bicyclic) bond motifs is 1. The molecule has 1 aliphatic rings. The van der Waals surface area contributed by atoms with Gasteiger partial charge in [-0.1, -0.05) is 24.3 Å². The molecular formula is C18H17N3O. The van der Waals surface area contributed by atoms with Crippen molar-refractivity contribution in [2.24, 2.45) is 0 Å². The second-order valence-corrected chi connectivity index (χ2v) is 5.55. The van der Waals surface area contributed by atoms with Crippen LogP contribution >= 0.6 is 0 Å². The van der Waals surface area contributed by atoms with Gasteiger partial charge in [-0.3, -0.25) is 4.98 Å². The molecule has 0 amide bonds. The van der Waals surface area contributed by atoms with Gasteiger partial charge in [-0.25, -0.2) is 4.98 Å². The summed E-state index contributed by atoms with van der Waals surface area (Å²) in [6, 6.07) is 10.3. The van der Waals surface area contributed by atoms with E-state index in [0.717, 1.165) is 41.7 Å². The van der Waals surface area contributed by atoms with Crippen LogP contribution in [0.5, 0.6) is 0 Å². The van der Waals surface area contributed by atoms with Crippen LogP contribution in [0.1, 0.15) is 17.5 Å². The third-order valence-corrected chi connectivity index (χ3v) is 3.99. The fourth-order valence-electron chi connectivity index (χ4n) is 2.64. The molecule has 110 valence electrons.